The summed E-state index contributed by atoms with van der Waals surface area (Å²) >= 11 is 0. The van der Waals surface area contributed by atoms with Crippen LogP contribution in [0.4, 0.5) is 0 Å². The van der Waals surface area contributed by atoms with Gasteiger partial charge in [-0.15, -0.1) is 0 Å². The van der Waals surface area contributed by atoms with E-state index < -0.39 is 12.0 Å². The summed E-state index contributed by atoms with van der Waals surface area (Å²) in [6.45, 7) is 0. The van der Waals surface area contributed by atoms with Gasteiger partial charge < -0.3 is 10.1 Å². The maximum Gasteiger partial charge on any atom is 0.328 e. The van der Waals surface area contributed by atoms with E-state index in [-0.39, 0.29) is 17.6 Å². The number of benzene rings is 2. The van der Waals surface area contributed by atoms with E-state index in [1.807, 2.05) is 42.5 Å². The van der Waals surface area contributed by atoms with Gasteiger partial charge in [-0.05, 0) is 42.0 Å². The topological polar surface area (TPSA) is 72.5 Å². The fourth-order valence-electron chi connectivity index (χ4n) is 3.51. The van der Waals surface area contributed by atoms with Crippen LogP contribution in [-0.4, -0.2) is 30.8 Å². The van der Waals surface area contributed by atoms with Crippen molar-refractivity contribution in [2.75, 3.05) is 7.11 Å². The molecule has 0 heterocycles. The first-order valence-corrected chi connectivity index (χ1v) is 9.14. The second-order valence-electron chi connectivity index (χ2n) is 6.81. The van der Waals surface area contributed by atoms with E-state index in [1.54, 1.807) is 12.1 Å². The van der Waals surface area contributed by atoms with Gasteiger partial charge >= 0.3 is 5.97 Å². The summed E-state index contributed by atoms with van der Waals surface area (Å²) in [5.74, 6) is -0.945. The number of hydrogen-bond acceptors (Lipinski definition) is 4. The van der Waals surface area contributed by atoms with Crippen LogP contribution in [0.15, 0.2) is 54.6 Å². The number of nitrogens with one attached hydrogen (secondary N) is 1. The zero-order valence-electron chi connectivity index (χ0n) is 15.3. The first-order chi connectivity index (χ1) is 13.1. The van der Waals surface area contributed by atoms with E-state index in [9.17, 15) is 14.4 Å². The molecular formula is C22H23NO4. The van der Waals surface area contributed by atoms with Crippen molar-refractivity contribution in [1.82, 2.24) is 5.32 Å². The molecule has 1 saturated carbocycles. The first kappa shape index (κ1) is 18.8. The van der Waals surface area contributed by atoms with Crippen molar-refractivity contribution >= 4 is 17.7 Å². The van der Waals surface area contributed by atoms with Crippen molar-refractivity contribution in [3.63, 3.8) is 0 Å². The third-order valence-electron chi connectivity index (χ3n) is 4.99. The smallest absolute Gasteiger partial charge is 0.328 e. The Kier molecular flexibility index (Phi) is 6.01. The van der Waals surface area contributed by atoms with Crippen LogP contribution in [0.3, 0.4) is 0 Å². The molecule has 1 aliphatic carbocycles. The van der Waals surface area contributed by atoms with Crippen LogP contribution in [0.25, 0.3) is 11.1 Å². The molecule has 1 aliphatic rings. The van der Waals surface area contributed by atoms with E-state index in [2.05, 4.69) is 5.32 Å². The van der Waals surface area contributed by atoms with E-state index >= 15 is 0 Å². The number of hydrogen-bond donors (Lipinski definition) is 1. The number of carbonyl (C=O) groups excluding carboxylic acids is 3. The van der Waals surface area contributed by atoms with Gasteiger partial charge in [0.25, 0.3) is 5.91 Å². The molecule has 3 rings (SSSR count). The fourth-order valence-corrected chi connectivity index (χ4v) is 3.51. The Morgan fingerprint density at radius 2 is 1.70 bits per heavy atom. The zero-order valence-corrected chi connectivity index (χ0v) is 15.3. The van der Waals surface area contributed by atoms with Gasteiger partial charge in [-0.3, -0.25) is 9.59 Å². The average molecular weight is 365 g/mol. The van der Waals surface area contributed by atoms with Crippen molar-refractivity contribution in [3.8, 4) is 11.1 Å². The van der Waals surface area contributed by atoms with Crippen LogP contribution in [0.5, 0.6) is 0 Å². The summed E-state index contributed by atoms with van der Waals surface area (Å²) in [7, 11) is 1.29. The molecule has 2 atom stereocenters. The summed E-state index contributed by atoms with van der Waals surface area (Å²) in [6, 6.07) is 16.3. The van der Waals surface area contributed by atoms with Crippen molar-refractivity contribution < 1.29 is 19.1 Å². The number of carbonyl (C=O) groups is 3. The molecular weight excluding hydrogens is 342 g/mol. The molecule has 0 aliphatic heterocycles. The van der Waals surface area contributed by atoms with E-state index in [0.717, 1.165) is 24.0 Å². The number of esters is 1. The number of rotatable bonds is 5. The summed E-state index contributed by atoms with van der Waals surface area (Å²) in [5, 5.41) is 2.77. The minimum atomic E-state index is -0.805. The van der Waals surface area contributed by atoms with Crippen molar-refractivity contribution in [2.24, 2.45) is 5.92 Å². The van der Waals surface area contributed by atoms with Gasteiger partial charge in [0.15, 0.2) is 0 Å². The Bertz CT molecular complexity index is 814. The molecule has 0 spiro atoms. The van der Waals surface area contributed by atoms with Crippen LogP contribution in [-0.2, 0) is 14.3 Å². The molecule has 2 aromatic carbocycles. The molecule has 1 amide bonds. The third kappa shape index (κ3) is 4.61. The van der Waals surface area contributed by atoms with E-state index in [1.165, 1.54) is 7.11 Å². The van der Waals surface area contributed by atoms with Gasteiger partial charge in [0, 0.05) is 18.4 Å². The number of amides is 1. The number of ether oxygens (including phenoxy) is 1. The maximum atomic E-state index is 12.6. The molecule has 0 radical (unpaired) electrons. The number of methoxy groups -OCH3 is 1. The quantitative estimate of drug-likeness (QED) is 0.825. The van der Waals surface area contributed by atoms with Crippen molar-refractivity contribution in [3.05, 3.63) is 60.2 Å². The molecule has 0 aromatic heterocycles. The molecule has 27 heavy (non-hydrogen) atoms. The Labute approximate surface area is 158 Å². The van der Waals surface area contributed by atoms with Crippen LogP contribution >= 0.6 is 0 Å². The van der Waals surface area contributed by atoms with Gasteiger partial charge in [-0.25, -0.2) is 4.79 Å². The van der Waals surface area contributed by atoms with Gasteiger partial charge in [0.1, 0.15) is 11.8 Å². The first-order valence-electron chi connectivity index (χ1n) is 9.14. The highest BCUT2D eigenvalue weighted by Gasteiger charge is 2.34. The fraction of sp³-hybridized carbons (Fsp3) is 0.318. The maximum absolute atomic E-state index is 12.6. The molecule has 5 heteroatoms. The van der Waals surface area contributed by atoms with Crippen LogP contribution in [0.1, 0.15) is 36.0 Å². The molecule has 5 nitrogen and oxygen atoms in total. The lowest BCUT2D eigenvalue weighted by molar-refractivity contribution is -0.145. The molecule has 1 N–H and O–H groups in total. The Hall–Kier alpha value is -2.95. The standard InChI is InChI=1S/C22H23NO4/c1-27-22(26)20(18-8-5-9-19(24)14-18)23-21(25)17-12-10-16(11-13-17)15-6-3-2-4-7-15/h2-4,6-7,10-13,18,20H,5,8-9,14H2,1H3,(H,23,25)/t18-,20-/m0/s1. The zero-order chi connectivity index (χ0) is 19.2. The molecule has 1 fully saturated rings. The second-order valence-corrected chi connectivity index (χ2v) is 6.81. The predicted molar refractivity (Wildman–Crippen MR) is 102 cm³/mol. The number of Topliss-reactive ketones (excluding diaryl/α,β-unsaturated/α-hetero) is 1. The van der Waals surface area contributed by atoms with Gasteiger partial charge in [-0.1, -0.05) is 42.5 Å². The van der Waals surface area contributed by atoms with Gasteiger partial charge in [0.2, 0.25) is 0 Å². The minimum Gasteiger partial charge on any atom is -0.467 e. The average Bonchev–Trinajstić information content (AvgIpc) is 2.72. The summed E-state index contributed by atoms with van der Waals surface area (Å²) in [6.07, 6.45) is 2.30. The van der Waals surface area contributed by atoms with Gasteiger partial charge in [-0.2, -0.15) is 0 Å². The highest BCUT2D eigenvalue weighted by atomic mass is 16.5. The highest BCUT2D eigenvalue weighted by Crippen LogP contribution is 2.25. The lowest BCUT2D eigenvalue weighted by atomic mass is 9.83. The molecule has 0 unspecified atom stereocenters. The molecule has 0 saturated heterocycles. The lowest BCUT2D eigenvalue weighted by Gasteiger charge is -2.28. The normalized spacial score (nSPS) is 17.8. The van der Waals surface area contributed by atoms with Crippen LogP contribution in [0.2, 0.25) is 0 Å². The van der Waals surface area contributed by atoms with E-state index in [4.69, 9.17) is 4.74 Å². The highest BCUT2D eigenvalue weighted by molar-refractivity contribution is 5.97. The Balaban J connectivity index is 1.73. The second kappa shape index (κ2) is 8.62. The Morgan fingerprint density at radius 3 is 2.33 bits per heavy atom. The minimum absolute atomic E-state index is 0.126. The van der Waals surface area contributed by atoms with Crippen LogP contribution in [0, 0.1) is 5.92 Å². The summed E-state index contributed by atoms with van der Waals surface area (Å²) < 4.78 is 4.85. The van der Waals surface area contributed by atoms with Crippen molar-refractivity contribution in [1.29, 1.82) is 0 Å². The third-order valence-corrected chi connectivity index (χ3v) is 4.99. The lowest BCUT2D eigenvalue weighted by Crippen LogP contribution is -2.48. The van der Waals surface area contributed by atoms with Crippen molar-refractivity contribution in [2.45, 2.75) is 31.7 Å². The molecule has 2 aromatic rings. The molecule has 140 valence electrons. The summed E-state index contributed by atoms with van der Waals surface area (Å²) in [5.41, 5.74) is 2.54. The monoisotopic (exact) mass is 365 g/mol. The Morgan fingerprint density at radius 1 is 1.04 bits per heavy atom. The number of ketones is 1. The summed E-state index contributed by atoms with van der Waals surface area (Å²) in [4.78, 5) is 36.6. The van der Waals surface area contributed by atoms with E-state index in [0.29, 0.717) is 18.4 Å². The predicted octanol–water partition coefficient (Wildman–Crippen LogP) is 3.38. The molecule has 0 bridgehead atoms. The largest absolute Gasteiger partial charge is 0.467 e. The SMILES string of the molecule is COC(=O)[C@@H](NC(=O)c1ccc(-c2ccccc2)cc1)[C@H]1CCCC(=O)C1. The van der Waals surface area contributed by atoms with Crippen LogP contribution < -0.4 is 5.32 Å². The van der Waals surface area contributed by atoms with Gasteiger partial charge in [0.05, 0.1) is 7.11 Å².